The highest BCUT2D eigenvalue weighted by Crippen LogP contribution is 2.29. The Morgan fingerprint density at radius 3 is 2.90 bits per heavy atom. The van der Waals surface area contributed by atoms with E-state index in [1.54, 1.807) is 44.8 Å². The van der Waals surface area contributed by atoms with Crippen molar-refractivity contribution in [2.24, 2.45) is 0 Å². The Morgan fingerprint density at radius 1 is 1.40 bits per heavy atom. The van der Waals surface area contributed by atoms with Gasteiger partial charge in [0.25, 0.3) is 0 Å². The predicted molar refractivity (Wildman–Crippen MR) is 77.5 cm³/mol. The van der Waals surface area contributed by atoms with Gasteiger partial charge in [0, 0.05) is 18.5 Å². The van der Waals surface area contributed by atoms with Crippen LogP contribution in [0.1, 0.15) is 0 Å². The molecule has 1 heterocycles. The number of aromatic nitrogens is 2. The molecule has 7 heteroatoms. The number of carbonyl (C=O) groups excluding carboxylic acids is 1. The van der Waals surface area contributed by atoms with E-state index in [0.29, 0.717) is 22.3 Å². The molecule has 6 nitrogen and oxygen atoms in total. The van der Waals surface area contributed by atoms with Gasteiger partial charge in [-0.1, -0.05) is 11.8 Å². The maximum Gasteiger partial charge on any atom is 0.234 e. The molecule has 2 rings (SSSR count). The highest BCUT2D eigenvalue weighted by molar-refractivity contribution is 7.99. The van der Waals surface area contributed by atoms with E-state index in [9.17, 15) is 4.79 Å². The van der Waals surface area contributed by atoms with Gasteiger partial charge in [0.15, 0.2) is 5.16 Å². The van der Waals surface area contributed by atoms with Crippen LogP contribution in [0.5, 0.6) is 11.5 Å². The lowest BCUT2D eigenvalue weighted by Gasteiger charge is -2.11. The van der Waals surface area contributed by atoms with Crippen LogP contribution in [0.25, 0.3) is 0 Å². The topological polar surface area (TPSA) is 76.2 Å². The van der Waals surface area contributed by atoms with Gasteiger partial charge in [0.1, 0.15) is 11.5 Å². The predicted octanol–water partition coefficient (Wildman–Crippen LogP) is 2.16. The third-order valence-corrected chi connectivity index (χ3v) is 3.40. The van der Waals surface area contributed by atoms with E-state index < -0.39 is 0 Å². The summed E-state index contributed by atoms with van der Waals surface area (Å²) in [4.78, 5) is 18.9. The second-order valence-corrected chi connectivity index (χ2v) is 4.76. The molecule has 106 valence electrons. The summed E-state index contributed by atoms with van der Waals surface area (Å²) in [5.41, 5.74) is 0.580. The number of imidazole rings is 1. The largest absolute Gasteiger partial charge is 0.497 e. The van der Waals surface area contributed by atoms with Gasteiger partial charge in [-0.05, 0) is 12.1 Å². The molecule has 1 aromatic carbocycles. The van der Waals surface area contributed by atoms with Gasteiger partial charge in [0.2, 0.25) is 5.91 Å². The van der Waals surface area contributed by atoms with Crippen LogP contribution >= 0.6 is 11.8 Å². The number of benzene rings is 1. The average molecular weight is 293 g/mol. The van der Waals surface area contributed by atoms with Crippen molar-refractivity contribution in [3.8, 4) is 11.5 Å². The molecule has 1 aromatic heterocycles. The highest BCUT2D eigenvalue weighted by atomic mass is 32.2. The van der Waals surface area contributed by atoms with Gasteiger partial charge in [-0.15, -0.1) is 0 Å². The van der Waals surface area contributed by atoms with E-state index >= 15 is 0 Å². The maximum absolute atomic E-state index is 11.9. The van der Waals surface area contributed by atoms with Crippen LogP contribution in [0.15, 0.2) is 35.7 Å². The van der Waals surface area contributed by atoms with Crippen LogP contribution < -0.4 is 14.8 Å². The molecule has 0 unspecified atom stereocenters. The van der Waals surface area contributed by atoms with Gasteiger partial charge < -0.3 is 19.8 Å². The van der Waals surface area contributed by atoms with Gasteiger partial charge in [-0.25, -0.2) is 4.98 Å². The Bertz CT molecular complexity index is 572. The van der Waals surface area contributed by atoms with Gasteiger partial charge in [-0.2, -0.15) is 0 Å². The number of amides is 1. The van der Waals surface area contributed by atoms with Crippen molar-refractivity contribution in [3.05, 3.63) is 30.6 Å². The molecule has 20 heavy (non-hydrogen) atoms. The molecule has 0 saturated carbocycles. The molecule has 0 saturated heterocycles. The minimum absolute atomic E-state index is 0.141. The van der Waals surface area contributed by atoms with Crippen LogP contribution in [0.4, 0.5) is 5.69 Å². The first-order valence-electron chi connectivity index (χ1n) is 5.87. The molecule has 0 aliphatic rings. The van der Waals surface area contributed by atoms with Gasteiger partial charge in [-0.3, -0.25) is 4.79 Å². The Labute approximate surface area is 120 Å². The molecule has 0 atom stereocenters. The molecule has 0 fully saturated rings. The first kappa shape index (κ1) is 14.3. The molecule has 0 bridgehead atoms. The molecular weight excluding hydrogens is 278 g/mol. The van der Waals surface area contributed by atoms with Crippen molar-refractivity contribution >= 4 is 23.4 Å². The van der Waals surface area contributed by atoms with Crippen LogP contribution in [-0.2, 0) is 4.79 Å². The van der Waals surface area contributed by atoms with Crippen molar-refractivity contribution in [3.63, 3.8) is 0 Å². The Morgan fingerprint density at radius 2 is 2.25 bits per heavy atom. The number of hydrogen-bond acceptors (Lipinski definition) is 5. The lowest BCUT2D eigenvalue weighted by Crippen LogP contribution is -2.14. The highest BCUT2D eigenvalue weighted by Gasteiger charge is 2.10. The van der Waals surface area contributed by atoms with Crippen LogP contribution in [0.2, 0.25) is 0 Å². The van der Waals surface area contributed by atoms with Gasteiger partial charge >= 0.3 is 0 Å². The maximum atomic E-state index is 11.9. The van der Waals surface area contributed by atoms with Crippen LogP contribution in [0.3, 0.4) is 0 Å². The van der Waals surface area contributed by atoms with E-state index in [-0.39, 0.29) is 11.7 Å². The zero-order chi connectivity index (χ0) is 14.4. The Balaban J connectivity index is 1.99. The van der Waals surface area contributed by atoms with E-state index in [1.807, 2.05) is 0 Å². The zero-order valence-electron chi connectivity index (χ0n) is 11.2. The minimum atomic E-state index is -0.141. The monoisotopic (exact) mass is 293 g/mol. The number of carbonyl (C=O) groups is 1. The number of H-pyrrole nitrogens is 1. The van der Waals surface area contributed by atoms with E-state index in [0.717, 1.165) is 0 Å². The van der Waals surface area contributed by atoms with E-state index in [2.05, 4.69) is 15.3 Å². The van der Waals surface area contributed by atoms with Crippen molar-refractivity contribution < 1.29 is 14.3 Å². The lowest BCUT2D eigenvalue weighted by molar-refractivity contribution is -0.113. The number of ether oxygens (including phenoxy) is 2. The summed E-state index contributed by atoms with van der Waals surface area (Å²) in [5, 5.41) is 3.50. The molecule has 0 radical (unpaired) electrons. The summed E-state index contributed by atoms with van der Waals surface area (Å²) in [7, 11) is 3.12. The van der Waals surface area contributed by atoms with Crippen molar-refractivity contribution in [2.75, 3.05) is 25.3 Å². The average Bonchev–Trinajstić information content (AvgIpc) is 2.98. The third kappa shape index (κ3) is 3.67. The fourth-order valence-electron chi connectivity index (χ4n) is 1.56. The summed E-state index contributed by atoms with van der Waals surface area (Å²) in [6.45, 7) is 0. The molecule has 1 amide bonds. The smallest absolute Gasteiger partial charge is 0.234 e. The second-order valence-electron chi connectivity index (χ2n) is 3.80. The normalized spacial score (nSPS) is 10.1. The van der Waals surface area contributed by atoms with Crippen molar-refractivity contribution in [1.29, 1.82) is 0 Å². The lowest BCUT2D eigenvalue weighted by atomic mass is 10.2. The summed E-state index contributed by atoms with van der Waals surface area (Å²) in [6.07, 6.45) is 3.36. The third-order valence-electron chi connectivity index (χ3n) is 2.49. The number of thioether (sulfide) groups is 1. The van der Waals surface area contributed by atoms with E-state index in [4.69, 9.17) is 9.47 Å². The summed E-state index contributed by atoms with van der Waals surface area (Å²) in [6, 6.07) is 5.23. The van der Waals surface area contributed by atoms with E-state index in [1.165, 1.54) is 11.8 Å². The number of anilines is 1. The fraction of sp³-hybridized carbons (Fsp3) is 0.231. The van der Waals surface area contributed by atoms with Crippen molar-refractivity contribution in [2.45, 2.75) is 5.16 Å². The number of hydrogen-bond donors (Lipinski definition) is 2. The molecule has 0 spiro atoms. The van der Waals surface area contributed by atoms with Crippen LogP contribution in [0, 0.1) is 0 Å². The molecule has 0 aliphatic heterocycles. The number of aromatic amines is 1. The molecule has 2 aromatic rings. The summed E-state index contributed by atoms with van der Waals surface area (Å²) in [5.74, 6) is 1.35. The second kappa shape index (κ2) is 6.85. The fourth-order valence-corrected chi connectivity index (χ4v) is 2.19. The SMILES string of the molecule is COc1ccc(OC)c(NC(=O)CSc2ncc[nH]2)c1. The Kier molecular flexibility index (Phi) is 4.89. The first-order chi connectivity index (χ1) is 9.72. The summed E-state index contributed by atoms with van der Waals surface area (Å²) < 4.78 is 10.3. The molecule has 2 N–H and O–H groups in total. The van der Waals surface area contributed by atoms with Gasteiger partial charge in [0.05, 0.1) is 25.7 Å². The first-order valence-corrected chi connectivity index (χ1v) is 6.85. The standard InChI is InChI=1S/C13H15N3O3S/c1-18-9-3-4-11(19-2)10(7-9)16-12(17)8-20-13-14-5-6-15-13/h3-7H,8H2,1-2H3,(H,14,15)(H,16,17). The zero-order valence-corrected chi connectivity index (χ0v) is 12.0. The Hall–Kier alpha value is -2.15. The van der Waals surface area contributed by atoms with Crippen molar-refractivity contribution in [1.82, 2.24) is 9.97 Å². The molecule has 0 aliphatic carbocycles. The minimum Gasteiger partial charge on any atom is -0.497 e. The quantitative estimate of drug-likeness (QED) is 0.798. The molecular formula is C13H15N3O3S. The van der Waals surface area contributed by atoms with Crippen LogP contribution in [-0.4, -0.2) is 35.8 Å². The summed E-state index contributed by atoms with van der Waals surface area (Å²) >= 11 is 1.33. The number of nitrogens with zero attached hydrogens (tertiary/aromatic N) is 1. The number of rotatable bonds is 6. The number of methoxy groups -OCH3 is 2. The number of nitrogens with one attached hydrogen (secondary N) is 2.